The van der Waals surface area contributed by atoms with Gasteiger partial charge in [0, 0.05) is 12.1 Å². The first-order chi connectivity index (χ1) is 13.8. The highest BCUT2D eigenvalue weighted by Crippen LogP contribution is 2.35. The molecular formula is C21H26N2O5S. The number of hydrogen-bond donors (Lipinski definition) is 1. The number of ether oxygens (including phenoxy) is 2. The third kappa shape index (κ3) is 4.82. The minimum absolute atomic E-state index is 0.0796. The van der Waals surface area contributed by atoms with Gasteiger partial charge >= 0.3 is 0 Å². The molecule has 0 saturated carbocycles. The third-order valence-corrected chi connectivity index (χ3v) is 6.61. The summed E-state index contributed by atoms with van der Waals surface area (Å²) in [5.41, 5.74) is 0.338. The van der Waals surface area contributed by atoms with Crippen LogP contribution in [0.2, 0.25) is 0 Å². The SMILES string of the molecule is CC(C)[C@H](C)NC(=O)CN(c1ccc2c(c1)OCCO2)S(=O)(=O)c1ccccc1. The van der Waals surface area contributed by atoms with E-state index in [1.165, 1.54) is 12.1 Å². The fourth-order valence-corrected chi connectivity index (χ4v) is 4.25. The maximum absolute atomic E-state index is 13.3. The van der Waals surface area contributed by atoms with Crippen molar-refractivity contribution in [2.45, 2.75) is 31.7 Å². The number of benzene rings is 2. The molecule has 1 aliphatic heterocycles. The fraction of sp³-hybridized carbons (Fsp3) is 0.381. The van der Waals surface area contributed by atoms with E-state index in [9.17, 15) is 13.2 Å². The van der Waals surface area contributed by atoms with Crippen LogP contribution in [0.4, 0.5) is 5.69 Å². The number of carbonyl (C=O) groups excluding carboxylic acids is 1. The zero-order valence-electron chi connectivity index (χ0n) is 16.8. The average Bonchev–Trinajstić information content (AvgIpc) is 2.72. The molecule has 0 aromatic heterocycles. The minimum Gasteiger partial charge on any atom is -0.486 e. The van der Waals surface area contributed by atoms with Crippen LogP contribution in [-0.4, -0.2) is 40.1 Å². The Morgan fingerprint density at radius 2 is 1.69 bits per heavy atom. The van der Waals surface area contributed by atoms with Gasteiger partial charge in [0.25, 0.3) is 10.0 Å². The predicted octanol–water partition coefficient (Wildman–Crippen LogP) is 2.81. The van der Waals surface area contributed by atoms with Crippen molar-refractivity contribution in [3.05, 3.63) is 48.5 Å². The van der Waals surface area contributed by atoms with Crippen LogP contribution < -0.4 is 19.1 Å². The van der Waals surface area contributed by atoms with E-state index in [0.717, 1.165) is 4.31 Å². The summed E-state index contributed by atoms with van der Waals surface area (Å²) in [5.74, 6) is 0.862. The monoisotopic (exact) mass is 418 g/mol. The summed E-state index contributed by atoms with van der Waals surface area (Å²) < 4.78 is 38.9. The second-order valence-corrected chi connectivity index (χ2v) is 9.12. The zero-order valence-corrected chi connectivity index (χ0v) is 17.6. The maximum Gasteiger partial charge on any atom is 0.264 e. The second-order valence-electron chi connectivity index (χ2n) is 7.25. The van der Waals surface area contributed by atoms with Gasteiger partial charge < -0.3 is 14.8 Å². The normalized spacial score (nSPS) is 14.3. The van der Waals surface area contributed by atoms with E-state index in [1.54, 1.807) is 36.4 Å². The van der Waals surface area contributed by atoms with Gasteiger partial charge in [-0.25, -0.2) is 8.42 Å². The Morgan fingerprint density at radius 1 is 1.03 bits per heavy atom. The molecule has 1 amide bonds. The molecule has 8 heteroatoms. The van der Waals surface area contributed by atoms with Gasteiger partial charge in [-0.05, 0) is 37.1 Å². The van der Waals surface area contributed by atoms with Crippen LogP contribution in [0, 0.1) is 5.92 Å². The highest BCUT2D eigenvalue weighted by atomic mass is 32.2. The van der Waals surface area contributed by atoms with Gasteiger partial charge in [0.15, 0.2) is 11.5 Å². The Morgan fingerprint density at radius 3 is 2.34 bits per heavy atom. The average molecular weight is 419 g/mol. The van der Waals surface area contributed by atoms with Crippen molar-refractivity contribution in [2.24, 2.45) is 5.92 Å². The number of rotatable bonds is 7. The molecule has 1 heterocycles. The Kier molecular flexibility index (Phi) is 6.32. The van der Waals surface area contributed by atoms with Crippen molar-refractivity contribution >= 4 is 21.6 Å². The Bertz CT molecular complexity index is 960. The first kappa shape index (κ1) is 21.0. The largest absolute Gasteiger partial charge is 0.486 e. The third-order valence-electron chi connectivity index (χ3n) is 4.82. The molecule has 0 saturated heterocycles. The second kappa shape index (κ2) is 8.73. The van der Waals surface area contributed by atoms with Crippen LogP contribution in [0.1, 0.15) is 20.8 Å². The van der Waals surface area contributed by atoms with Gasteiger partial charge in [0.05, 0.1) is 10.6 Å². The predicted molar refractivity (Wildman–Crippen MR) is 111 cm³/mol. The lowest BCUT2D eigenvalue weighted by atomic mass is 10.1. The number of amides is 1. The molecule has 1 atom stereocenters. The van der Waals surface area contributed by atoms with Crippen molar-refractivity contribution in [3.8, 4) is 11.5 Å². The smallest absolute Gasteiger partial charge is 0.264 e. The van der Waals surface area contributed by atoms with Crippen LogP contribution in [-0.2, 0) is 14.8 Å². The lowest BCUT2D eigenvalue weighted by Crippen LogP contribution is -2.45. The van der Waals surface area contributed by atoms with Gasteiger partial charge in [0.1, 0.15) is 19.8 Å². The summed E-state index contributed by atoms with van der Waals surface area (Å²) in [4.78, 5) is 12.7. The molecular weight excluding hydrogens is 392 g/mol. The number of anilines is 1. The molecule has 7 nitrogen and oxygen atoms in total. The first-order valence-electron chi connectivity index (χ1n) is 9.56. The molecule has 0 fully saturated rings. The van der Waals surface area contributed by atoms with Gasteiger partial charge in [-0.15, -0.1) is 0 Å². The van der Waals surface area contributed by atoms with Crippen molar-refractivity contribution in [1.29, 1.82) is 0 Å². The number of carbonyl (C=O) groups is 1. The molecule has 1 aliphatic rings. The Balaban J connectivity index is 1.97. The Hall–Kier alpha value is -2.74. The molecule has 0 spiro atoms. The molecule has 0 unspecified atom stereocenters. The molecule has 156 valence electrons. The molecule has 0 aliphatic carbocycles. The van der Waals surface area contributed by atoms with Crippen LogP contribution in [0.5, 0.6) is 11.5 Å². The van der Waals surface area contributed by atoms with E-state index in [1.807, 2.05) is 20.8 Å². The summed E-state index contributed by atoms with van der Waals surface area (Å²) in [6.07, 6.45) is 0. The lowest BCUT2D eigenvalue weighted by Gasteiger charge is -2.27. The van der Waals surface area contributed by atoms with E-state index in [4.69, 9.17) is 9.47 Å². The number of hydrogen-bond acceptors (Lipinski definition) is 5. The molecule has 29 heavy (non-hydrogen) atoms. The molecule has 0 bridgehead atoms. The fourth-order valence-electron chi connectivity index (χ4n) is 2.82. The standard InChI is InChI=1S/C21H26N2O5S/c1-15(2)16(3)22-21(24)14-23(29(25,26)18-7-5-4-6-8-18)17-9-10-19-20(13-17)28-12-11-27-19/h4-10,13,15-16H,11-12,14H2,1-3H3,(H,22,24)/t16-/m0/s1. The van der Waals surface area contributed by atoms with E-state index < -0.39 is 10.0 Å². The minimum atomic E-state index is -3.96. The number of nitrogens with zero attached hydrogens (tertiary/aromatic N) is 1. The summed E-state index contributed by atoms with van der Waals surface area (Å²) in [6, 6.07) is 12.8. The van der Waals surface area contributed by atoms with Crippen molar-refractivity contribution in [1.82, 2.24) is 5.32 Å². The number of sulfonamides is 1. The summed E-state index contributed by atoms with van der Waals surface area (Å²) >= 11 is 0. The summed E-state index contributed by atoms with van der Waals surface area (Å²) in [5, 5.41) is 2.86. The molecule has 3 rings (SSSR count). The van der Waals surface area contributed by atoms with Crippen LogP contribution in [0.15, 0.2) is 53.4 Å². The van der Waals surface area contributed by atoms with Crippen molar-refractivity contribution < 1.29 is 22.7 Å². The van der Waals surface area contributed by atoms with Gasteiger partial charge in [-0.1, -0.05) is 32.0 Å². The van der Waals surface area contributed by atoms with E-state index in [-0.39, 0.29) is 29.3 Å². The lowest BCUT2D eigenvalue weighted by molar-refractivity contribution is -0.120. The molecule has 2 aromatic rings. The summed E-state index contributed by atoms with van der Waals surface area (Å²) in [7, 11) is -3.96. The number of nitrogens with one attached hydrogen (secondary N) is 1. The van der Waals surface area contributed by atoms with Crippen LogP contribution in [0.3, 0.4) is 0 Å². The van der Waals surface area contributed by atoms with Crippen LogP contribution >= 0.6 is 0 Å². The first-order valence-corrected chi connectivity index (χ1v) is 11.0. The van der Waals surface area contributed by atoms with E-state index in [0.29, 0.717) is 30.4 Å². The quantitative estimate of drug-likeness (QED) is 0.747. The van der Waals surface area contributed by atoms with Gasteiger partial charge in [-0.2, -0.15) is 0 Å². The molecule has 0 radical (unpaired) electrons. The van der Waals surface area contributed by atoms with Gasteiger partial charge in [0.2, 0.25) is 5.91 Å². The van der Waals surface area contributed by atoms with E-state index >= 15 is 0 Å². The number of fused-ring (bicyclic) bond motifs is 1. The summed E-state index contributed by atoms with van der Waals surface area (Å²) in [6.45, 7) is 6.35. The molecule has 1 N–H and O–H groups in total. The Labute approximate surface area is 171 Å². The van der Waals surface area contributed by atoms with Gasteiger partial charge in [-0.3, -0.25) is 9.10 Å². The maximum atomic E-state index is 13.3. The zero-order chi connectivity index (χ0) is 21.0. The highest BCUT2D eigenvalue weighted by Gasteiger charge is 2.29. The van der Waals surface area contributed by atoms with Crippen molar-refractivity contribution in [2.75, 3.05) is 24.1 Å². The van der Waals surface area contributed by atoms with E-state index in [2.05, 4.69) is 5.32 Å². The highest BCUT2D eigenvalue weighted by molar-refractivity contribution is 7.92. The van der Waals surface area contributed by atoms with Crippen molar-refractivity contribution in [3.63, 3.8) is 0 Å². The van der Waals surface area contributed by atoms with Crippen LogP contribution in [0.25, 0.3) is 0 Å². The molecule has 2 aromatic carbocycles. The topological polar surface area (TPSA) is 84.9 Å².